The first-order chi connectivity index (χ1) is 34.1. The van der Waals surface area contributed by atoms with Crippen LogP contribution in [0.25, 0.3) is 0 Å². The van der Waals surface area contributed by atoms with Gasteiger partial charge in [0.25, 0.3) is 0 Å². The van der Waals surface area contributed by atoms with Gasteiger partial charge in [-0.2, -0.15) is 0 Å². The second-order valence-corrected chi connectivity index (χ2v) is 20.4. The third-order valence-corrected chi connectivity index (χ3v) is 13.5. The maximum absolute atomic E-state index is 12.3. The smallest absolute Gasteiger partial charge is 0.306 e. The van der Waals surface area contributed by atoms with E-state index >= 15 is 0 Å². The van der Waals surface area contributed by atoms with Gasteiger partial charge in [0.05, 0.1) is 6.61 Å². The van der Waals surface area contributed by atoms with E-state index in [9.17, 15) is 14.7 Å². The van der Waals surface area contributed by atoms with Crippen LogP contribution in [0.5, 0.6) is 0 Å². The molecule has 0 aliphatic carbocycles. The Morgan fingerprint density at radius 1 is 0.348 bits per heavy atom. The predicted molar refractivity (Wildman–Crippen MR) is 302 cm³/mol. The number of carbonyl (C=O) groups excluding carboxylic acids is 2. The van der Waals surface area contributed by atoms with E-state index in [1.54, 1.807) is 0 Å². The molecule has 0 fully saturated rings. The van der Waals surface area contributed by atoms with Crippen molar-refractivity contribution in [3.63, 3.8) is 0 Å². The van der Waals surface area contributed by atoms with E-state index in [2.05, 4.69) is 74.6 Å². The Hall–Kier alpha value is -2.40. The topological polar surface area (TPSA) is 72.8 Å². The summed E-state index contributed by atoms with van der Waals surface area (Å²) in [6.45, 7) is 4.06. The first-order valence-corrected chi connectivity index (χ1v) is 30.3. The Bertz CT molecular complexity index is 1180. The number of hydrogen-bond acceptors (Lipinski definition) is 5. The number of hydrogen-bond donors (Lipinski definition) is 1. The van der Waals surface area contributed by atoms with E-state index in [1.807, 2.05) is 0 Å². The molecule has 69 heavy (non-hydrogen) atoms. The van der Waals surface area contributed by atoms with E-state index in [0.29, 0.717) is 12.8 Å². The summed E-state index contributed by atoms with van der Waals surface area (Å²) in [6, 6.07) is 0. The number of carbonyl (C=O) groups is 2. The van der Waals surface area contributed by atoms with Gasteiger partial charge in [0.1, 0.15) is 6.61 Å². The molecule has 0 aliphatic rings. The van der Waals surface area contributed by atoms with Crippen molar-refractivity contribution in [2.75, 3.05) is 13.2 Å². The van der Waals surface area contributed by atoms with Gasteiger partial charge in [-0.25, -0.2) is 0 Å². The van der Waals surface area contributed by atoms with Gasteiger partial charge in [-0.1, -0.05) is 286 Å². The van der Waals surface area contributed by atoms with Crippen molar-refractivity contribution in [1.82, 2.24) is 0 Å². The molecule has 0 amide bonds. The Kier molecular flexibility index (Phi) is 57.8. The Balaban J connectivity index is 3.40. The molecule has 0 aliphatic heterocycles. The summed E-state index contributed by atoms with van der Waals surface area (Å²) < 4.78 is 10.7. The van der Waals surface area contributed by atoms with Gasteiger partial charge in [0, 0.05) is 12.8 Å². The van der Waals surface area contributed by atoms with Crippen molar-refractivity contribution in [1.29, 1.82) is 0 Å². The van der Waals surface area contributed by atoms with Gasteiger partial charge in [0.15, 0.2) is 6.10 Å². The summed E-state index contributed by atoms with van der Waals surface area (Å²) in [5, 5.41) is 9.65. The highest BCUT2D eigenvalue weighted by atomic mass is 16.6. The first-order valence-electron chi connectivity index (χ1n) is 30.3. The van der Waals surface area contributed by atoms with Crippen LogP contribution >= 0.6 is 0 Å². The maximum Gasteiger partial charge on any atom is 0.306 e. The lowest BCUT2D eigenvalue weighted by Gasteiger charge is -2.15. The van der Waals surface area contributed by atoms with Gasteiger partial charge in [-0.3, -0.25) is 9.59 Å². The van der Waals surface area contributed by atoms with Crippen molar-refractivity contribution in [3.05, 3.63) is 60.8 Å². The van der Waals surface area contributed by atoms with Crippen LogP contribution in [0.1, 0.15) is 316 Å². The molecule has 0 bridgehead atoms. The third kappa shape index (κ3) is 58.1. The lowest BCUT2D eigenvalue weighted by molar-refractivity contribution is -0.161. The van der Waals surface area contributed by atoms with Crippen molar-refractivity contribution < 1.29 is 24.2 Å². The lowest BCUT2D eigenvalue weighted by Crippen LogP contribution is -2.28. The summed E-state index contributed by atoms with van der Waals surface area (Å²) >= 11 is 0. The summed E-state index contributed by atoms with van der Waals surface area (Å²) in [5.74, 6) is -0.580. The van der Waals surface area contributed by atoms with E-state index in [4.69, 9.17) is 9.47 Å². The molecular weight excluding hydrogens is 849 g/mol. The van der Waals surface area contributed by atoms with Crippen LogP contribution in [0.15, 0.2) is 60.8 Å². The van der Waals surface area contributed by atoms with Crippen LogP contribution in [-0.2, 0) is 19.1 Å². The largest absolute Gasteiger partial charge is 0.462 e. The second-order valence-electron chi connectivity index (χ2n) is 20.4. The Morgan fingerprint density at radius 2 is 0.623 bits per heavy atom. The molecule has 0 rings (SSSR count). The van der Waals surface area contributed by atoms with Crippen molar-refractivity contribution >= 4 is 11.9 Å². The molecule has 0 saturated carbocycles. The van der Waals surface area contributed by atoms with Crippen LogP contribution in [-0.4, -0.2) is 36.4 Å². The fraction of sp³-hybridized carbons (Fsp3) is 0.812. The highest BCUT2D eigenvalue weighted by molar-refractivity contribution is 5.70. The number of allylic oxidation sites excluding steroid dienone is 10. The minimum atomic E-state index is -0.772. The molecular formula is C64H116O5. The fourth-order valence-electron chi connectivity index (χ4n) is 9.02. The number of esters is 2. The number of ether oxygens (including phenoxy) is 2. The van der Waals surface area contributed by atoms with E-state index < -0.39 is 6.10 Å². The molecule has 0 spiro atoms. The highest BCUT2D eigenvalue weighted by Gasteiger charge is 2.16. The average molecular weight is 966 g/mol. The predicted octanol–water partition coefficient (Wildman–Crippen LogP) is 20.6. The van der Waals surface area contributed by atoms with Gasteiger partial charge in [-0.15, -0.1) is 0 Å². The first kappa shape index (κ1) is 66.6. The summed E-state index contributed by atoms with van der Waals surface area (Å²) in [7, 11) is 0. The Morgan fingerprint density at radius 3 is 0.957 bits per heavy atom. The molecule has 0 radical (unpaired) electrons. The molecule has 0 heterocycles. The Labute approximate surface area is 430 Å². The summed E-state index contributed by atoms with van der Waals surface area (Å²) in [6.07, 6.45) is 80.8. The van der Waals surface area contributed by atoms with Crippen LogP contribution in [0, 0.1) is 0 Å². The maximum atomic E-state index is 12.3. The molecule has 0 saturated heterocycles. The third-order valence-electron chi connectivity index (χ3n) is 13.5. The van der Waals surface area contributed by atoms with Gasteiger partial charge in [-0.05, 0) is 77.0 Å². The van der Waals surface area contributed by atoms with Gasteiger partial charge in [0.2, 0.25) is 0 Å². The zero-order valence-electron chi connectivity index (χ0n) is 46.1. The van der Waals surface area contributed by atoms with Crippen molar-refractivity contribution in [2.45, 2.75) is 322 Å². The molecule has 1 unspecified atom stereocenters. The number of aliphatic hydroxyl groups excluding tert-OH is 1. The molecule has 0 aromatic rings. The minimum Gasteiger partial charge on any atom is -0.462 e. The normalized spacial score (nSPS) is 12.6. The second kappa shape index (κ2) is 59.9. The molecule has 5 nitrogen and oxygen atoms in total. The van der Waals surface area contributed by atoms with Crippen LogP contribution in [0.2, 0.25) is 0 Å². The standard InChI is InChI=1S/C64H116O5/c1-3-5-7-9-11-13-15-17-19-21-23-24-25-26-27-28-29-30-31-32-33-34-35-36-37-38-39-40-41-43-45-47-49-51-53-55-57-59-64(67)69-62(60-65)61-68-63(66)58-56-54-52-50-48-46-44-42-22-20-18-16-14-12-10-8-6-4-2/h5,7,11,13,17,19-20,22-24,62,65H,3-4,6,8-10,12,14-16,18,21,25-61H2,1-2H3/b7-5-,13-11-,19-17-,22-20-,24-23-. The zero-order chi connectivity index (χ0) is 49.9. The molecule has 0 aromatic carbocycles. The fourth-order valence-corrected chi connectivity index (χ4v) is 9.02. The monoisotopic (exact) mass is 965 g/mol. The molecule has 5 heteroatoms. The highest BCUT2D eigenvalue weighted by Crippen LogP contribution is 2.17. The molecule has 402 valence electrons. The van der Waals surface area contributed by atoms with E-state index in [0.717, 1.165) is 64.2 Å². The van der Waals surface area contributed by atoms with Crippen LogP contribution in [0.4, 0.5) is 0 Å². The van der Waals surface area contributed by atoms with Gasteiger partial charge < -0.3 is 14.6 Å². The van der Waals surface area contributed by atoms with Crippen molar-refractivity contribution in [2.24, 2.45) is 0 Å². The number of unbranched alkanes of at least 4 members (excludes halogenated alkanes) is 38. The lowest BCUT2D eigenvalue weighted by atomic mass is 10.0. The minimum absolute atomic E-state index is 0.0644. The van der Waals surface area contributed by atoms with Crippen LogP contribution in [0.3, 0.4) is 0 Å². The van der Waals surface area contributed by atoms with Crippen molar-refractivity contribution in [3.8, 4) is 0 Å². The average Bonchev–Trinajstić information content (AvgIpc) is 3.35. The van der Waals surface area contributed by atoms with E-state index in [1.165, 1.54) is 225 Å². The van der Waals surface area contributed by atoms with Crippen LogP contribution < -0.4 is 0 Å². The SMILES string of the molecule is CC/C=C\C/C=C\C/C=C\C/C=C\CCCCCCCCCCCCCCCCCCCCCCCCCCC(=O)OC(CO)COC(=O)CCCCCCCCC/C=C\CCCCCCCCC. The number of rotatable bonds is 56. The van der Waals surface area contributed by atoms with E-state index in [-0.39, 0.29) is 25.2 Å². The zero-order valence-corrected chi connectivity index (χ0v) is 46.1. The quantitative estimate of drug-likeness (QED) is 0.0373. The molecule has 1 atom stereocenters. The summed E-state index contributed by atoms with van der Waals surface area (Å²) in [4.78, 5) is 24.5. The number of aliphatic hydroxyl groups is 1. The summed E-state index contributed by atoms with van der Waals surface area (Å²) in [5.41, 5.74) is 0. The molecule has 1 N–H and O–H groups in total. The van der Waals surface area contributed by atoms with Gasteiger partial charge >= 0.3 is 11.9 Å². The molecule has 0 aromatic heterocycles.